The lowest BCUT2D eigenvalue weighted by atomic mass is 10.0. The second-order valence-electron chi connectivity index (χ2n) is 4.30. The van der Waals surface area contributed by atoms with Crippen LogP contribution in [0.3, 0.4) is 0 Å². The molecule has 0 aromatic carbocycles. The maximum Gasteiger partial charge on any atom is 0.0543 e. The van der Waals surface area contributed by atoms with E-state index in [-0.39, 0.29) is 6.10 Å². The maximum atomic E-state index is 9.70. The van der Waals surface area contributed by atoms with Crippen LogP contribution in [0.25, 0.3) is 0 Å². The second-order valence-corrected chi connectivity index (χ2v) is 5.08. The molecule has 1 rings (SSSR count). The van der Waals surface area contributed by atoms with Crippen LogP contribution in [-0.4, -0.2) is 11.2 Å². The quantitative estimate of drug-likeness (QED) is 0.765. The topological polar surface area (TPSA) is 20.2 Å². The average molecular weight is 212 g/mol. The van der Waals surface area contributed by atoms with Gasteiger partial charge in [0.2, 0.25) is 0 Å². The first-order valence-corrected chi connectivity index (χ1v) is 6.32. The summed E-state index contributed by atoms with van der Waals surface area (Å²) in [5, 5.41) is 14.0. The highest BCUT2D eigenvalue weighted by Gasteiger charge is 2.05. The molecule has 1 unspecified atom stereocenters. The Morgan fingerprint density at radius 1 is 1.29 bits per heavy atom. The molecule has 0 bridgehead atoms. The van der Waals surface area contributed by atoms with Crippen molar-refractivity contribution in [3.8, 4) is 0 Å². The van der Waals surface area contributed by atoms with Crippen molar-refractivity contribution in [2.75, 3.05) is 0 Å². The van der Waals surface area contributed by atoms with Crippen LogP contribution in [0.15, 0.2) is 16.8 Å². The van der Waals surface area contributed by atoms with Gasteiger partial charge in [-0.1, -0.05) is 13.8 Å². The summed E-state index contributed by atoms with van der Waals surface area (Å²) in [7, 11) is 0. The first-order chi connectivity index (χ1) is 6.68. The van der Waals surface area contributed by atoms with Crippen LogP contribution in [0.5, 0.6) is 0 Å². The van der Waals surface area contributed by atoms with Crippen molar-refractivity contribution in [3.05, 3.63) is 22.4 Å². The largest absolute Gasteiger partial charge is 0.393 e. The van der Waals surface area contributed by atoms with Gasteiger partial charge in [-0.05, 0) is 54.0 Å². The van der Waals surface area contributed by atoms with Gasteiger partial charge in [-0.25, -0.2) is 0 Å². The average Bonchev–Trinajstić information content (AvgIpc) is 2.63. The first kappa shape index (κ1) is 11.7. The zero-order chi connectivity index (χ0) is 10.4. The van der Waals surface area contributed by atoms with Gasteiger partial charge in [-0.15, -0.1) is 0 Å². The van der Waals surface area contributed by atoms with Crippen molar-refractivity contribution in [2.24, 2.45) is 5.92 Å². The molecule has 0 fully saturated rings. The van der Waals surface area contributed by atoms with Crippen molar-refractivity contribution < 1.29 is 5.11 Å². The van der Waals surface area contributed by atoms with Gasteiger partial charge in [-0.2, -0.15) is 11.3 Å². The number of aliphatic hydroxyl groups is 1. The lowest BCUT2D eigenvalue weighted by Crippen LogP contribution is -2.08. The smallest absolute Gasteiger partial charge is 0.0543 e. The first-order valence-electron chi connectivity index (χ1n) is 5.37. The van der Waals surface area contributed by atoms with Crippen LogP contribution in [-0.2, 0) is 6.42 Å². The normalized spacial score (nSPS) is 13.4. The summed E-state index contributed by atoms with van der Waals surface area (Å²) in [6, 6.07) is 2.14. The van der Waals surface area contributed by atoms with Gasteiger partial charge in [0.1, 0.15) is 0 Å². The third kappa shape index (κ3) is 4.77. The van der Waals surface area contributed by atoms with Gasteiger partial charge in [0.05, 0.1) is 6.10 Å². The number of hydrogen-bond donors (Lipinski definition) is 1. The molecule has 0 spiro atoms. The van der Waals surface area contributed by atoms with E-state index in [1.165, 1.54) is 5.56 Å². The molecule has 0 amide bonds. The number of thiophene rings is 1. The van der Waals surface area contributed by atoms with Gasteiger partial charge in [0.25, 0.3) is 0 Å². The summed E-state index contributed by atoms with van der Waals surface area (Å²) in [5.74, 6) is 0.700. The molecular weight excluding hydrogens is 192 g/mol. The van der Waals surface area contributed by atoms with Crippen molar-refractivity contribution >= 4 is 11.3 Å². The Kier molecular flexibility index (Phi) is 5.20. The Balaban J connectivity index is 2.12. The van der Waals surface area contributed by atoms with Crippen LogP contribution < -0.4 is 0 Å². The predicted octanol–water partition coefficient (Wildman–Crippen LogP) is 3.48. The molecule has 0 saturated carbocycles. The molecular formula is C12H20OS. The molecule has 0 saturated heterocycles. The van der Waals surface area contributed by atoms with Crippen LogP contribution >= 0.6 is 11.3 Å². The molecule has 1 aromatic rings. The summed E-state index contributed by atoms with van der Waals surface area (Å²) in [6.07, 6.45) is 3.89. The molecule has 1 aromatic heterocycles. The molecule has 80 valence electrons. The van der Waals surface area contributed by atoms with Crippen molar-refractivity contribution in [1.82, 2.24) is 0 Å². The third-order valence-corrected chi connectivity index (χ3v) is 3.16. The van der Waals surface area contributed by atoms with E-state index in [9.17, 15) is 5.11 Å². The predicted molar refractivity (Wildman–Crippen MR) is 62.7 cm³/mol. The van der Waals surface area contributed by atoms with Gasteiger partial charge < -0.3 is 5.11 Å². The Bertz CT molecular complexity index is 228. The fourth-order valence-electron chi connectivity index (χ4n) is 1.44. The van der Waals surface area contributed by atoms with E-state index < -0.39 is 0 Å². The monoisotopic (exact) mass is 212 g/mol. The summed E-state index contributed by atoms with van der Waals surface area (Å²) in [6.45, 7) is 4.40. The van der Waals surface area contributed by atoms with Crippen LogP contribution in [0.2, 0.25) is 0 Å². The Labute approximate surface area is 90.8 Å². The highest BCUT2D eigenvalue weighted by Crippen LogP contribution is 2.13. The van der Waals surface area contributed by atoms with E-state index in [1.807, 2.05) is 0 Å². The van der Waals surface area contributed by atoms with E-state index in [0.717, 1.165) is 25.7 Å². The molecule has 1 heterocycles. The molecule has 0 aliphatic carbocycles. The minimum absolute atomic E-state index is 0.114. The van der Waals surface area contributed by atoms with Crippen LogP contribution in [0.4, 0.5) is 0 Å². The minimum atomic E-state index is -0.114. The van der Waals surface area contributed by atoms with Crippen molar-refractivity contribution in [3.63, 3.8) is 0 Å². The third-order valence-electron chi connectivity index (χ3n) is 2.42. The van der Waals surface area contributed by atoms with Crippen molar-refractivity contribution in [2.45, 2.75) is 45.6 Å². The fourth-order valence-corrected chi connectivity index (χ4v) is 2.14. The summed E-state index contributed by atoms with van der Waals surface area (Å²) >= 11 is 1.73. The van der Waals surface area contributed by atoms with E-state index in [2.05, 4.69) is 30.7 Å². The number of rotatable bonds is 6. The Morgan fingerprint density at radius 3 is 2.64 bits per heavy atom. The zero-order valence-electron chi connectivity index (χ0n) is 9.07. The van der Waals surface area contributed by atoms with E-state index >= 15 is 0 Å². The molecule has 0 radical (unpaired) electrons. The van der Waals surface area contributed by atoms with Crippen LogP contribution in [0, 0.1) is 5.92 Å². The molecule has 0 aliphatic heterocycles. The summed E-state index contributed by atoms with van der Waals surface area (Å²) in [4.78, 5) is 0. The Hall–Kier alpha value is -0.340. The van der Waals surface area contributed by atoms with Gasteiger partial charge >= 0.3 is 0 Å². The molecule has 1 nitrogen and oxygen atoms in total. The zero-order valence-corrected chi connectivity index (χ0v) is 9.89. The van der Waals surface area contributed by atoms with Gasteiger partial charge in [0, 0.05) is 0 Å². The lowest BCUT2D eigenvalue weighted by Gasteiger charge is -2.11. The highest BCUT2D eigenvalue weighted by molar-refractivity contribution is 7.07. The highest BCUT2D eigenvalue weighted by atomic mass is 32.1. The van der Waals surface area contributed by atoms with Crippen molar-refractivity contribution in [1.29, 1.82) is 0 Å². The molecule has 14 heavy (non-hydrogen) atoms. The standard InChI is InChI=1S/C12H20OS/c1-10(2)3-5-12(13)6-4-11-7-8-14-9-11/h7-10,12-13H,3-6H2,1-2H3. The lowest BCUT2D eigenvalue weighted by molar-refractivity contribution is 0.147. The molecule has 1 atom stereocenters. The molecule has 0 aliphatic rings. The van der Waals surface area contributed by atoms with E-state index in [0.29, 0.717) is 5.92 Å². The fraction of sp³-hybridized carbons (Fsp3) is 0.667. The second kappa shape index (κ2) is 6.20. The SMILES string of the molecule is CC(C)CCC(O)CCc1ccsc1. The van der Waals surface area contributed by atoms with E-state index in [4.69, 9.17) is 0 Å². The van der Waals surface area contributed by atoms with Gasteiger partial charge in [-0.3, -0.25) is 0 Å². The van der Waals surface area contributed by atoms with E-state index in [1.54, 1.807) is 11.3 Å². The number of hydrogen-bond acceptors (Lipinski definition) is 2. The minimum Gasteiger partial charge on any atom is -0.393 e. The molecule has 2 heteroatoms. The number of aliphatic hydroxyl groups excluding tert-OH is 1. The van der Waals surface area contributed by atoms with Gasteiger partial charge in [0.15, 0.2) is 0 Å². The Morgan fingerprint density at radius 2 is 2.07 bits per heavy atom. The summed E-state index contributed by atoms with van der Waals surface area (Å²) < 4.78 is 0. The van der Waals surface area contributed by atoms with Crippen LogP contribution in [0.1, 0.15) is 38.7 Å². The maximum absolute atomic E-state index is 9.70. The number of aryl methyl sites for hydroxylation is 1. The summed E-state index contributed by atoms with van der Waals surface area (Å²) in [5.41, 5.74) is 1.36. The molecule has 1 N–H and O–H groups in total.